The third-order valence-corrected chi connectivity index (χ3v) is 4.39. The van der Waals surface area contributed by atoms with E-state index in [1.165, 1.54) is 0 Å². The molecule has 2 unspecified atom stereocenters. The lowest BCUT2D eigenvalue weighted by atomic mass is 10.1. The SMILES string of the molecule is CCC(CSC)N1C(=O)CNC1c1ccccc1OC. The zero-order valence-corrected chi connectivity index (χ0v) is 13.1. The molecule has 1 heterocycles. The molecule has 1 aromatic carbocycles. The molecule has 4 nitrogen and oxygen atoms in total. The van der Waals surface area contributed by atoms with Crippen LogP contribution < -0.4 is 10.1 Å². The number of methoxy groups -OCH3 is 1. The Kier molecular flexibility index (Phi) is 5.31. The van der Waals surface area contributed by atoms with Gasteiger partial charge in [-0.1, -0.05) is 25.1 Å². The first-order chi connectivity index (χ1) is 9.72. The predicted octanol–water partition coefficient (Wildman–Crippen LogP) is 2.27. The molecule has 1 saturated heterocycles. The molecular weight excluding hydrogens is 272 g/mol. The average Bonchev–Trinajstić information content (AvgIpc) is 2.86. The van der Waals surface area contributed by atoms with Crippen LogP contribution in [0.5, 0.6) is 5.75 Å². The Bertz CT molecular complexity index is 467. The number of carbonyl (C=O) groups excluding carboxylic acids is 1. The van der Waals surface area contributed by atoms with Crippen LogP contribution in [-0.4, -0.2) is 42.5 Å². The number of rotatable bonds is 6. The molecule has 0 radical (unpaired) electrons. The molecule has 2 atom stereocenters. The van der Waals surface area contributed by atoms with Crippen LogP contribution in [-0.2, 0) is 4.79 Å². The number of hydrogen-bond acceptors (Lipinski definition) is 4. The Morgan fingerprint density at radius 1 is 1.50 bits per heavy atom. The second kappa shape index (κ2) is 6.99. The van der Waals surface area contributed by atoms with Crippen molar-refractivity contribution in [2.45, 2.75) is 25.6 Å². The number of nitrogens with one attached hydrogen (secondary N) is 1. The minimum atomic E-state index is -0.0873. The molecule has 0 aliphatic carbocycles. The smallest absolute Gasteiger partial charge is 0.238 e. The Labute approximate surface area is 124 Å². The molecule has 0 aromatic heterocycles. The van der Waals surface area contributed by atoms with E-state index < -0.39 is 0 Å². The van der Waals surface area contributed by atoms with E-state index in [1.54, 1.807) is 18.9 Å². The van der Waals surface area contributed by atoms with Crippen molar-refractivity contribution in [3.63, 3.8) is 0 Å². The van der Waals surface area contributed by atoms with Crippen LogP contribution in [0.2, 0.25) is 0 Å². The molecule has 1 aliphatic rings. The zero-order valence-electron chi connectivity index (χ0n) is 12.3. The molecule has 1 aliphatic heterocycles. The van der Waals surface area contributed by atoms with Crippen LogP contribution in [0.15, 0.2) is 24.3 Å². The normalized spacial score (nSPS) is 20.2. The Morgan fingerprint density at radius 3 is 2.90 bits per heavy atom. The van der Waals surface area contributed by atoms with Gasteiger partial charge in [0.1, 0.15) is 11.9 Å². The lowest BCUT2D eigenvalue weighted by molar-refractivity contribution is -0.130. The van der Waals surface area contributed by atoms with Crippen molar-refractivity contribution >= 4 is 17.7 Å². The van der Waals surface area contributed by atoms with Gasteiger partial charge < -0.3 is 9.64 Å². The third-order valence-electron chi connectivity index (χ3n) is 3.67. The van der Waals surface area contributed by atoms with Gasteiger partial charge in [0.2, 0.25) is 5.91 Å². The summed E-state index contributed by atoms with van der Waals surface area (Å²) in [6, 6.07) is 8.14. The van der Waals surface area contributed by atoms with E-state index in [0.29, 0.717) is 6.54 Å². The zero-order chi connectivity index (χ0) is 14.5. The van der Waals surface area contributed by atoms with E-state index in [9.17, 15) is 4.79 Å². The predicted molar refractivity (Wildman–Crippen MR) is 83.0 cm³/mol. The highest BCUT2D eigenvalue weighted by atomic mass is 32.2. The molecule has 1 fully saturated rings. The molecule has 20 heavy (non-hydrogen) atoms. The largest absolute Gasteiger partial charge is 0.496 e. The Balaban J connectivity index is 2.31. The van der Waals surface area contributed by atoms with Crippen molar-refractivity contribution in [2.75, 3.05) is 25.7 Å². The summed E-state index contributed by atoms with van der Waals surface area (Å²) in [5.74, 6) is 1.95. The van der Waals surface area contributed by atoms with Crippen LogP contribution in [0.1, 0.15) is 25.1 Å². The fraction of sp³-hybridized carbons (Fsp3) is 0.533. The maximum atomic E-state index is 12.2. The maximum Gasteiger partial charge on any atom is 0.238 e. The average molecular weight is 294 g/mol. The minimum absolute atomic E-state index is 0.0873. The van der Waals surface area contributed by atoms with E-state index in [2.05, 4.69) is 18.5 Å². The summed E-state index contributed by atoms with van der Waals surface area (Å²) in [5.41, 5.74) is 1.03. The first kappa shape index (κ1) is 15.2. The number of carbonyl (C=O) groups is 1. The molecule has 5 heteroatoms. The number of ether oxygens (including phenoxy) is 1. The molecule has 0 spiro atoms. The fourth-order valence-electron chi connectivity index (χ4n) is 2.67. The highest BCUT2D eigenvalue weighted by Crippen LogP contribution is 2.32. The summed E-state index contributed by atoms with van der Waals surface area (Å²) < 4.78 is 5.43. The van der Waals surface area contributed by atoms with Gasteiger partial charge in [-0.2, -0.15) is 11.8 Å². The third kappa shape index (κ3) is 2.94. The van der Waals surface area contributed by atoms with Gasteiger partial charge in [-0.25, -0.2) is 0 Å². The topological polar surface area (TPSA) is 41.6 Å². The van der Waals surface area contributed by atoms with Crippen LogP contribution in [0.25, 0.3) is 0 Å². The Hall–Kier alpha value is -1.20. The lowest BCUT2D eigenvalue weighted by Crippen LogP contribution is -2.41. The van der Waals surface area contributed by atoms with Gasteiger partial charge in [0.05, 0.1) is 13.7 Å². The standard InChI is InChI=1S/C15H22N2O2S/c1-4-11(10-20-3)17-14(18)9-16-15(17)12-7-5-6-8-13(12)19-2/h5-8,11,15-16H,4,9-10H2,1-3H3. The Morgan fingerprint density at radius 2 is 2.25 bits per heavy atom. The van der Waals surface area contributed by atoms with Crippen LogP contribution in [0.3, 0.4) is 0 Å². The molecule has 0 bridgehead atoms. The molecule has 0 saturated carbocycles. The summed E-state index contributed by atoms with van der Waals surface area (Å²) >= 11 is 1.78. The van der Waals surface area contributed by atoms with Gasteiger partial charge in [0, 0.05) is 17.4 Å². The van der Waals surface area contributed by atoms with Crippen molar-refractivity contribution in [1.29, 1.82) is 0 Å². The number of thioether (sulfide) groups is 1. The quantitative estimate of drug-likeness (QED) is 0.874. The molecule has 1 aromatic rings. The van der Waals surface area contributed by atoms with Gasteiger partial charge in [0.15, 0.2) is 0 Å². The number of hydrogen-bond donors (Lipinski definition) is 1. The van der Waals surface area contributed by atoms with Gasteiger partial charge in [-0.3, -0.25) is 10.1 Å². The van der Waals surface area contributed by atoms with Crippen LogP contribution in [0, 0.1) is 0 Å². The van der Waals surface area contributed by atoms with Crippen LogP contribution >= 0.6 is 11.8 Å². The lowest BCUT2D eigenvalue weighted by Gasteiger charge is -2.32. The maximum absolute atomic E-state index is 12.2. The number of amides is 1. The van der Waals surface area contributed by atoms with Gasteiger partial charge >= 0.3 is 0 Å². The summed E-state index contributed by atoms with van der Waals surface area (Å²) in [6.07, 6.45) is 2.95. The van der Waals surface area contributed by atoms with E-state index >= 15 is 0 Å². The van der Waals surface area contributed by atoms with Crippen molar-refractivity contribution in [3.8, 4) is 5.75 Å². The summed E-state index contributed by atoms with van der Waals surface area (Å²) in [7, 11) is 1.67. The molecule has 2 rings (SSSR count). The first-order valence-electron chi connectivity index (χ1n) is 6.89. The van der Waals surface area contributed by atoms with Gasteiger partial charge in [-0.05, 0) is 18.7 Å². The first-order valence-corrected chi connectivity index (χ1v) is 8.28. The van der Waals surface area contributed by atoms with Crippen molar-refractivity contribution in [3.05, 3.63) is 29.8 Å². The van der Waals surface area contributed by atoms with Crippen molar-refractivity contribution in [2.24, 2.45) is 0 Å². The summed E-state index contributed by atoms with van der Waals surface area (Å²) in [5, 5.41) is 3.31. The van der Waals surface area contributed by atoms with E-state index in [4.69, 9.17) is 4.74 Å². The summed E-state index contributed by atoms with van der Waals surface area (Å²) in [6.45, 7) is 2.53. The van der Waals surface area contributed by atoms with Gasteiger partial charge in [0.25, 0.3) is 0 Å². The molecule has 110 valence electrons. The minimum Gasteiger partial charge on any atom is -0.496 e. The van der Waals surface area contributed by atoms with E-state index in [1.807, 2.05) is 29.2 Å². The van der Waals surface area contributed by atoms with E-state index in [0.717, 1.165) is 23.5 Å². The second-order valence-electron chi connectivity index (χ2n) is 4.84. The van der Waals surface area contributed by atoms with Crippen molar-refractivity contribution < 1.29 is 9.53 Å². The van der Waals surface area contributed by atoms with Crippen LogP contribution in [0.4, 0.5) is 0 Å². The number of para-hydroxylation sites is 1. The molecule has 1 N–H and O–H groups in total. The fourth-order valence-corrected chi connectivity index (χ4v) is 3.45. The number of benzene rings is 1. The molecular formula is C15H22N2O2S. The monoisotopic (exact) mass is 294 g/mol. The van der Waals surface area contributed by atoms with Gasteiger partial charge in [-0.15, -0.1) is 0 Å². The van der Waals surface area contributed by atoms with E-state index in [-0.39, 0.29) is 18.1 Å². The highest BCUT2D eigenvalue weighted by Gasteiger charge is 2.37. The highest BCUT2D eigenvalue weighted by molar-refractivity contribution is 7.98. The van der Waals surface area contributed by atoms with Crippen molar-refractivity contribution in [1.82, 2.24) is 10.2 Å². The summed E-state index contributed by atoms with van der Waals surface area (Å²) in [4.78, 5) is 14.2. The molecule has 1 amide bonds. The number of nitrogens with zero attached hydrogens (tertiary/aromatic N) is 1. The second-order valence-corrected chi connectivity index (χ2v) is 5.75.